The fourth-order valence-corrected chi connectivity index (χ4v) is 2.92. The van der Waals surface area contributed by atoms with Gasteiger partial charge in [0, 0.05) is 0 Å². The normalized spacial score (nSPS) is 10.2. The third-order valence-corrected chi connectivity index (χ3v) is 4.12. The number of hydrogen-bond donors (Lipinski definition) is 2. The number of thiophene rings is 1. The molecule has 7 nitrogen and oxygen atoms in total. The number of ether oxygens (including phenoxy) is 2. The zero-order valence-electron chi connectivity index (χ0n) is 13.8. The van der Waals surface area contributed by atoms with E-state index in [0.29, 0.717) is 10.8 Å². The Hall–Kier alpha value is -2.87. The summed E-state index contributed by atoms with van der Waals surface area (Å²) in [6.45, 7) is 2.96. The van der Waals surface area contributed by atoms with E-state index in [1.54, 1.807) is 5.38 Å². The van der Waals surface area contributed by atoms with Gasteiger partial charge in [0.05, 0.1) is 5.56 Å². The lowest BCUT2D eigenvalue weighted by Crippen LogP contribution is -2.24. The van der Waals surface area contributed by atoms with Crippen LogP contribution < -0.4 is 15.8 Å². The van der Waals surface area contributed by atoms with Crippen molar-refractivity contribution in [2.75, 3.05) is 18.5 Å². The Kier molecular flexibility index (Phi) is 6.13. The molecule has 2 amide bonds. The smallest absolute Gasteiger partial charge is 0.344 e. The van der Waals surface area contributed by atoms with Gasteiger partial charge in [0.1, 0.15) is 10.8 Å². The molecule has 25 heavy (non-hydrogen) atoms. The zero-order chi connectivity index (χ0) is 18.4. The molecule has 2 aromatic rings. The van der Waals surface area contributed by atoms with Crippen LogP contribution in [-0.2, 0) is 14.3 Å². The molecular formula is C17H18N2O5S. The van der Waals surface area contributed by atoms with E-state index in [0.717, 1.165) is 22.5 Å². The highest BCUT2D eigenvalue weighted by molar-refractivity contribution is 7.14. The van der Waals surface area contributed by atoms with Crippen LogP contribution in [0.2, 0.25) is 0 Å². The van der Waals surface area contributed by atoms with E-state index in [9.17, 15) is 14.4 Å². The first-order valence-electron chi connectivity index (χ1n) is 7.40. The van der Waals surface area contributed by atoms with Gasteiger partial charge in [0.15, 0.2) is 13.2 Å². The molecule has 0 spiro atoms. The summed E-state index contributed by atoms with van der Waals surface area (Å²) in [6, 6.07) is 7.15. The summed E-state index contributed by atoms with van der Waals surface area (Å²) < 4.78 is 10.3. The highest BCUT2D eigenvalue weighted by atomic mass is 32.1. The zero-order valence-corrected chi connectivity index (χ0v) is 14.6. The van der Waals surface area contributed by atoms with Gasteiger partial charge >= 0.3 is 5.97 Å². The maximum atomic E-state index is 11.8. The van der Waals surface area contributed by atoms with Crippen molar-refractivity contribution >= 4 is 34.1 Å². The second-order valence-electron chi connectivity index (χ2n) is 5.25. The predicted octanol–water partition coefficient (Wildman–Crippen LogP) is 2.02. The Balaban J connectivity index is 1.80. The number of carbonyl (C=O) groups excluding carboxylic acids is 3. The van der Waals surface area contributed by atoms with E-state index >= 15 is 0 Å². The number of rotatable bonds is 7. The number of anilines is 1. The first-order chi connectivity index (χ1) is 11.9. The van der Waals surface area contributed by atoms with Crippen molar-refractivity contribution in [2.45, 2.75) is 13.8 Å². The molecule has 0 unspecified atom stereocenters. The lowest BCUT2D eigenvalue weighted by molar-refractivity contribution is -0.149. The summed E-state index contributed by atoms with van der Waals surface area (Å²) in [5.41, 5.74) is 7.21. The van der Waals surface area contributed by atoms with Crippen molar-refractivity contribution < 1.29 is 23.9 Å². The molecule has 0 aliphatic rings. The number of aryl methyl sites for hydroxylation is 2. The molecule has 3 N–H and O–H groups in total. The average Bonchev–Trinajstić information content (AvgIpc) is 3.01. The maximum Gasteiger partial charge on any atom is 0.344 e. The lowest BCUT2D eigenvalue weighted by Gasteiger charge is -2.11. The van der Waals surface area contributed by atoms with Gasteiger partial charge in [0.25, 0.3) is 11.8 Å². The number of nitrogens with two attached hydrogens (primary N) is 1. The van der Waals surface area contributed by atoms with Crippen LogP contribution in [0.15, 0.2) is 29.6 Å². The van der Waals surface area contributed by atoms with E-state index in [-0.39, 0.29) is 12.2 Å². The Morgan fingerprint density at radius 3 is 2.44 bits per heavy atom. The maximum absolute atomic E-state index is 11.8. The SMILES string of the molecule is Cc1cccc(C)c1OCC(=O)OCC(=O)Nc1sccc1C(N)=O. The third-order valence-electron chi connectivity index (χ3n) is 3.29. The van der Waals surface area contributed by atoms with Gasteiger partial charge in [-0.25, -0.2) is 4.79 Å². The highest BCUT2D eigenvalue weighted by Gasteiger charge is 2.14. The average molecular weight is 362 g/mol. The predicted molar refractivity (Wildman–Crippen MR) is 93.8 cm³/mol. The van der Waals surface area contributed by atoms with Gasteiger partial charge in [0.2, 0.25) is 0 Å². The van der Waals surface area contributed by atoms with Crippen LogP contribution in [0.4, 0.5) is 5.00 Å². The molecule has 0 aliphatic heterocycles. The summed E-state index contributed by atoms with van der Waals surface area (Å²) in [7, 11) is 0. The number of amides is 2. The van der Waals surface area contributed by atoms with Crippen LogP contribution in [0.3, 0.4) is 0 Å². The van der Waals surface area contributed by atoms with Crippen molar-refractivity contribution in [1.82, 2.24) is 0 Å². The minimum absolute atomic E-state index is 0.211. The summed E-state index contributed by atoms with van der Waals surface area (Å²) >= 11 is 1.15. The first-order valence-corrected chi connectivity index (χ1v) is 8.28. The standard InChI is InChI=1S/C17H18N2O5S/c1-10-4-3-5-11(2)15(10)24-9-14(21)23-8-13(20)19-17-12(16(18)22)6-7-25-17/h3-7H,8-9H2,1-2H3,(H2,18,22)(H,19,20). The molecule has 0 radical (unpaired) electrons. The molecule has 1 aromatic carbocycles. The van der Waals surface area contributed by atoms with E-state index in [1.807, 2.05) is 32.0 Å². The fourth-order valence-electron chi connectivity index (χ4n) is 2.11. The minimum Gasteiger partial charge on any atom is -0.481 e. The molecule has 2 rings (SSSR count). The minimum atomic E-state index is -0.667. The number of para-hydroxylation sites is 1. The van der Waals surface area contributed by atoms with Crippen LogP contribution in [-0.4, -0.2) is 31.0 Å². The van der Waals surface area contributed by atoms with E-state index < -0.39 is 24.4 Å². The molecule has 0 aliphatic carbocycles. The fraction of sp³-hybridized carbons (Fsp3) is 0.235. The second-order valence-corrected chi connectivity index (χ2v) is 6.16. The Bertz CT molecular complexity index is 780. The molecule has 0 atom stereocenters. The van der Waals surface area contributed by atoms with Crippen LogP contribution in [0.1, 0.15) is 21.5 Å². The Morgan fingerprint density at radius 2 is 1.80 bits per heavy atom. The highest BCUT2D eigenvalue weighted by Crippen LogP contribution is 2.23. The largest absolute Gasteiger partial charge is 0.481 e. The molecule has 8 heteroatoms. The molecule has 1 heterocycles. The summed E-state index contributed by atoms with van der Waals surface area (Å²) in [5, 5.41) is 4.42. The van der Waals surface area contributed by atoms with Crippen molar-refractivity contribution in [3.05, 3.63) is 46.3 Å². The van der Waals surface area contributed by atoms with Crippen molar-refractivity contribution in [1.29, 1.82) is 0 Å². The first kappa shape index (κ1) is 18.5. The molecule has 1 aromatic heterocycles. The molecule has 0 bridgehead atoms. The third kappa shape index (κ3) is 5.05. The van der Waals surface area contributed by atoms with Crippen molar-refractivity contribution in [3.8, 4) is 5.75 Å². The van der Waals surface area contributed by atoms with Gasteiger partial charge in [-0.3, -0.25) is 9.59 Å². The van der Waals surface area contributed by atoms with Gasteiger partial charge in [-0.15, -0.1) is 11.3 Å². The van der Waals surface area contributed by atoms with E-state index in [1.165, 1.54) is 6.07 Å². The van der Waals surface area contributed by atoms with Gasteiger partial charge in [-0.1, -0.05) is 18.2 Å². The van der Waals surface area contributed by atoms with Crippen molar-refractivity contribution in [2.24, 2.45) is 5.73 Å². The van der Waals surface area contributed by atoms with Crippen LogP contribution >= 0.6 is 11.3 Å². The number of benzene rings is 1. The van der Waals surface area contributed by atoms with Gasteiger partial charge in [-0.05, 0) is 36.4 Å². The molecule has 0 saturated carbocycles. The van der Waals surface area contributed by atoms with Gasteiger partial charge in [-0.2, -0.15) is 0 Å². The lowest BCUT2D eigenvalue weighted by atomic mass is 10.1. The number of primary amides is 1. The molecular weight excluding hydrogens is 344 g/mol. The molecule has 0 saturated heterocycles. The van der Waals surface area contributed by atoms with E-state index in [4.69, 9.17) is 15.2 Å². The Morgan fingerprint density at radius 1 is 1.12 bits per heavy atom. The van der Waals surface area contributed by atoms with E-state index in [2.05, 4.69) is 5.32 Å². The van der Waals surface area contributed by atoms with Crippen molar-refractivity contribution in [3.63, 3.8) is 0 Å². The summed E-state index contributed by atoms with van der Waals surface area (Å²) in [4.78, 5) is 34.7. The number of esters is 1. The quantitative estimate of drug-likeness (QED) is 0.733. The number of hydrogen-bond acceptors (Lipinski definition) is 6. The topological polar surface area (TPSA) is 108 Å². The summed E-state index contributed by atoms with van der Waals surface area (Å²) in [5.74, 6) is -1.26. The van der Waals surface area contributed by atoms with Gasteiger partial charge < -0.3 is 20.5 Å². The Labute approximate surface area is 148 Å². The monoisotopic (exact) mass is 362 g/mol. The number of carbonyl (C=O) groups is 3. The molecule has 132 valence electrons. The van der Waals surface area contributed by atoms with Crippen LogP contribution in [0.5, 0.6) is 5.75 Å². The molecule has 0 fully saturated rings. The second kappa shape index (κ2) is 8.29. The van der Waals surface area contributed by atoms with Crippen LogP contribution in [0, 0.1) is 13.8 Å². The number of nitrogens with one attached hydrogen (secondary N) is 1. The van der Waals surface area contributed by atoms with Crippen LogP contribution in [0.25, 0.3) is 0 Å². The summed E-state index contributed by atoms with van der Waals surface area (Å²) in [6.07, 6.45) is 0.